The maximum absolute atomic E-state index is 5.71. The Hall–Kier alpha value is 0.210. The summed E-state index contributed by atoms with van der Waals surface area (Å²) in [4.78, 5) is 0. The van der Waals surface area contributed by atoms with Gasteiger partial charge in [-0.3, -0.25) is 0 Å². The average Bonchev–Trinajstić information content (AvgIpc) is 2.35. The Kier molecular flexibility index (Phi) is 2.55. The van der Waals surface area contributed by atoms with Gasteiger partial charge >= 0.3 is 0 Å². The van der Waals surface area contributed by atoms with E-state index in [1.54, 1.807) is 0 Å². The standard InChI is InChI=1S/C7H13ClO2/c1-6(2)7(5-8)9-3-4-10-7/h6H,3-5H2,1-2H3. The lowest BCUT2D eigenvalue weighted by Gasteiger charge is -2.28. The van der Waals surface area contributed by atoms with Crippen LogP contribution in [0.1, 0.15) is 13.8 Å². The monoisotopic (exact) mass is 164 g/mol. The summed E-state index contributed by atoms with van der Waals surface area (Å²) in [7, 11) is 0. The third kappa shape index (κ3) is 1.29. The van der Waals surface area contributed by atoms with Crippen LogP contribution in [0.15, 0.2) is 0 Å². The Morgan fingerprint density at radius 1 is 1.40 bits per heavy atom. The van der Waals surface area contributed by atoms with Gasteiger partial charge in [0.25, 0.3) is 0 Å². The first kappa shape index (κ1) is 8.31. The summed E-state index contributed by atoms with van der Waals surface area (Å²) in [6.07, 6.45) is 0. The van der Waals surface area contributed by atoms with E-state index < -0.39 is 5.79 Å². The number of halogens is 1. The molecular weight excluding hydrogens is 152 g/mol. The molecule has 0 atom stereocenters. The summed E-state index contributed by atoms with van der Waals surface area (Å²) in [6.45, 7) is 5.44. The van der Waals surface area contributed by atoms with E-state index in [1.807, 2.05) is 13.8 Å². The molecule has 0 aliphatic carbocycles. The number of alkyl halides is 1. The number of hydrogen-bond acceptors (Lipinski definition) is 2. The maximum atomic E-state index is 5.71. The third-order valence-electron chi connectivity index (χ3n) is 1.84. The fraction of sp³-hybridized carbons (Fsp3) is 1.00. The van der Waals surface area contributed by atoms with Crippen molar-refractivity contribution < 1.29 is 9.47 Å². The molecule has 0 aromatic carbocycles. The maximum Gasteiger partial charge on any atom is 0.184 e. The lowest BCUT2D eigenvalue weighted by atomic mass is 10.1. The van der Waals surface area contributed by atoms with Crippen LogP contribution in [-0.4, -0.2) is 24.9 Å². The van der Waals surface area contributed by atoms with Crippen LogP contribution >= 0.6 is 11.6 Å². The van der Waals surface area contributed by atoms with Crippen LogP contribution in [0.25, 0.3) is 0 Å². The van der Waals surface area contributed by atoms with Gasteiger partial charge < -0.3 is 9.47 Å². The molecule has 0 spiro atoms. The van der Waals surface area contributed by atoms with Crippen molar-refractivity contribution in [2.75, 3.05) is 19.1 Å². The molecule has 0 aromatic heterocycles. The zero-order valence-corrected chi connectivity index (χ0v) is 7.15. The molecule has 3 heteroatoms. The van der Waals surface area contributed by atoms with E-state index in [9.17, 15) is 0 Å². The molecule has 0 bridgehead atoms. The van der Waals surface area contributed by atoms with Crippen molar-refractivity contribution in [3.05, 3.63) is 0 Å². The molecule has 2 nitrogen and oxygen atoms in total. The van der Waals surface area contributed by atoms with Crippen molar-refractivity contribution >= 4 is 11.6 Å². The van der Waals surface area contributed by atoms with E-state index >= 15 is 0 Å². The van der Waals surface area contributed by atoms with Gasteiger partial charge in [0, 0.05) is 5.92 Å². The van der Waals surface area contributed by atoms with E-state index in [2.05, 4.69) is 0 Å². The molecule has 1 fully saturated rings. The first-order valence-electron chi connectivity index (χ1n) is 3.55. The molecule has 1 heterocycles. The first-order chi connectivity index (χ1) is 4.71. The summed E-state index contributed by atoms with van der Waals surface area (Å²) >= 11 is 5.71. The van der Waals surface area contributed by atoms with Crippen molar-refractivity contribution in [2.45, 2.75) is 19.6 Å². The molecule has 0 saturated carbocycles. The highest BCUT2D eigenvalue weighted by molar-refractivity contribution is 6.18. The van der Waals surface area contributed by atoms with Crippen LogP contribution in [0.2, 0.25) is 0 Å². The predicted molar refractivity (Wildman–Crippen MR) is 40.2 cm³/mol. The van der Waals surface area contributed by atoms with E-state index in [4.69, 9.17) is 21.1 Å². The predicted octanol–water partition coefficient (Wildman–Crippen LogP) is 1.62. The first-order valence-corrected chi connectivity index (χ1v) is 4.08. The van der Waals surface area contributed by atoms with Crippen molar-refractivity contribution in [3.8, 4) is 0 Å². The van der Waals surface area contributed by atoms with Crippen LogP contribution in [0.3, 0.4) is 0 Å². The van der Waals surface area contributed by atoms with Gasteiger partial charge in [-0.05, 0) is 0 Å². The van der Waals surface area contributed by atoms with Gasteiger partial charge in [0.15, 0.2) is 5.79 Å². The van der Waals surface area contributed by atoms with Crippen LogP contribution in [0.5, 0.6) is 0 Å². The van der Waals surface area contributed by atoms with E-state index in [-0.39, 0.29) is 0 Å². The van der Waals surface area contributed by atoms with Gasteiger partial charge in [0.05, 0.1) is 19.1 Å². The summed E-state index contributed by atoms with van der Waals surface area (Å²) in [6, 6.07) is 0. The second-order valence-corrected chi connectivity index (χ2v) is 3.06. The van der Waals surface area contributed by atoms with Crippen molar-refractivity contribution in [2.24, 2.45) is 5.92 Å². The molecule has 1 aliphatic rings. The van der Waals surface area contributed by atoms with Crippen LogP contribution in [0.4, 0.5) is 0 Å². The molecule has 0 N–H and O–H groups in total. The normalized spacial score (nSPS) is 24.0. The summed E-state index contributed by atoms with van der Waals surface area (Å²) < 4.78 is 10.8. The molecule has 10 heavy (non-hydrogen) atoms. The zero-order chi connectivity index (χ0) is 7.61. The summed E-state index contributed by atoms with van der Waals surface area (Å²) in [5, 5.41) is 0. The van der Waals surface area contributed by atoms with E-state index in [0.29, 0.717) is 25.0 Å². The Bertz CT molecular complexity index is 108. The Balaban J connectivity index is 2.58. The van der Waals surface area contributed by atoms with Crippen LogP contribution in [-0.2, 0) is 9.47 Å². The molecule has 0 aromatic rings. The lowest BCUT2D eigenvalue weighted by Crippen LogP contribution is -2.38. The Morgan fingerprint density at radius 2 is 1.90 bits per heavy atom. The van der Waals surface area contributed by atoms with Crippen LogP contribution in [0, 0.1) is 5.92 Å². The fourth-order valence-corrected chi connectivity index (χ4v) is 1.50. The van der Waals surface area contributed by atoms with Gasteiger partial charge in [-0.15, -0.1) is 11.6 Å². The van der Waals surface area contributed by atoms with Gasteiger partial charge in [0.2, 0.25) is 0 Å². The molecule has 1 saturated heterocycles. The minimum atomic E-state index is -0.498. The largest absolute Gasteiger partial charge is 0.346 e. The van der Waals surface area contributed by atoms with Gasteiger partial charge in [-0.1, -0.05) is 13.8 Å². The average molecular weight is 165 g/mol. The number of ether oxygens (including phenoxy) is 2. The minimum Gasteiger partial charge on any atom is -0.346 e. The summed E-state index contributed by atoms with van der Waals surface area (Å²) in [5.41, 5.74) is 0. The molecule has 60 valence electrons. The molecule has 0 amide bonds. The molecule has 0 radical (unpaired) electrons. The topological polar surface area (TPSA) is 18.5 Å². The highest BCUT2D eigenvalue weighted by atomic mass is 35.5. The van der Waals surface area contributed by atoms with Crippen molar-refractivity contribution in [1.82, 2.24) is 0 Å². The SMILES string of the molecule is CC(C)C1(CCl)OCCO1. The van der Waals surface area contributed by atoms with E-state index in [0.717, 1.165) is 0 Å². The lowest BCUT2D eigenvalue weighted by molar-refractivity contribution is -0.169. The second kappa shape index (κ2) is 3.07. The van der Waals surface area contributed by atoms with Gasteiger partial charge in [-0.2, -0.15) is 0 Å². The van der Waals surface area contributed by atoms with Gasteiger partial charge in [0.1, 0.15) is 0 Å². The van der Waals surface area contributed by atoms with Gasteiger partial charge in [-0.25, -0.2) is 0 Å². The number of rotatable bonds is 2. The van der Waals surface area contributed by atoms with Crippen molar-refractivity contribution in [3.63, 3.8) is 0 Å². The van der Waals surface area contributed by atoms with E-state index in [1.165, 1.54) is 0 Å². The number of hydrogen-bond donors (Lipinski definition) is 0. The Labute approximate surface area is 66.5 Å². The second-order valence-electron chi connectivity index (χ2n) is 2.80. The smallest absolute Gasteiger partial charge is 0.184 e. The fourth-order valence-electron chi connectivity index (χ4n) is 1.04. The zero-order valence-electron chi connectivity index (χ0n) is 6.39. The van der Waals surface area contributed by atoms with Crippen molar-refractivity contribution in [1.29, 1.82) is 0 Å². The minimum absolute atomic E-state index is 0.326. The molecule has 0 unspecified atom stereocenters. The quantitative estimate of drug-likeness (QED) is 0.578. The molecule has 1 aliphatic heterocycles. The Morgan fingerprint density at radius 3 is 2.10 bits per heavy atom. The molecular formula is C7H13ClO2. The summed E-state index contributed by atoms with van der Waals surface area (Å²) in [5.74, 6) is 0.249. The van der Waals surface area contributed by atoms with Crippen LogP contribution < -0.4 is 0 Å². The highest BCUT2D eigenvalue weighted by Crippen LogP contribution is 2.28. The highest BCUT2D eigenvalue weighted by Gasteiger charge is 2.38. The third-order valence-corrected chi connectivity index (χ3v) is 2.21. The molecule has 1 rings (SSSR count).